The van der Waals surface area contributed by atoms with Crippen LogP contribution in [0.3, 0.4) is 0 Å². The molecule has 6 aromatic rings. The molecule has 0 spiro atoms. The van der Waals surface area contributed by atoms with Crippen LogP contribution in [0.1, 0.15) is 56.3 Å². The maximum absolute atomic E-state index is 6.81. The standard InChI is InChI=1S/C45H38N2/c1-4-13-27-22-23-28-24-25-39(47-44(28)43(27)46)42-33-18-9-7-16-31(33)40(32-17-8-10-19-34(32)42)36-26-38-41(30-15-6-5-14-29(30)36)35-20-11-12-21-37(35)45(38,2)3/h4-21,24-26,39,47H,22-23,46H2,1-3H3/b13-4-. The molecule has 2 aliphatic carbocycles. The summed E-state index contributed by atoms with van der Waals surface area (Å²) in [5.41, 5.74) is 20.6. The average molecular weight is 607 g/mol. The normalized spacial score (nSPS) is 18.2. The fraction of sp³-hybridized carbons (Fsp3) is 0.156. The van der Waals surface area contributed by atoms with Crippen molar-refractivity contribution in [2.45, 2.75) is 45.1 Å². The smallest absolute Gasteiger partial charge is 0.0714 e. The van der Waals surface area contributed by atoms with Crippen LogP contribution in [0.4, 0.5) is 0 Å². The minimum Gasteiger partial charge on any atom is -0.397 e. The fourth-order valence-electron chi connectivity index (χ4n) is 8.70. The van der Waals surface area contributed by atoms with E-state index in [-0.39, 0.29) is 11.5 Å². The summed E-state index contributed by atoms with van der Waals surface area (Å²) < 4.78 is 0. The molecule has 3 N–H and O–H groups in total. The van der Waals surface area contributed by atoms with Crippen LogP contribution < -0.4 is 11.1 Å². The Kier molecular flexibility index (Phi) is 6.14. The van der Waals surface area contributed by atoms with Crippen molar-refractivity contribution < 1.29 is 0 Å². The molecular weight excluding hydrogens is 569 g/mol. The Morgan fingerprint density at radius 3 is 1.96 bits per heavy atom. The number of hydrogen-bond acceptors (Lipinski definition) is 2. The summed E-state index contributed by atoms with van der Waals surface area (Å²) in [7, 11) is 0. The van der Waals surface area contributed by atoms with Gasteiger partial charge < -0.3 is 11.1 Å². The van der Waals surface area contributed by atoms with Gasteiger partial charge in [0, 0.05) is 5.41 Å². The molecule has 47 heavy (non-hydrogen) atoms. The highest BCUT2D eigenvalue weighted by Crippen LogP contribution is 2.54. The predicted octanol–water partition coefficient (Wildman–Crippen LogP) is 11.2. The van der Waals surface area contributed by atoms with Crippen molar-refractivity contribution in [1.29, 1.82) is 0 Å². The summed E-state index contributed by atoms with van der Waals surface area (Å²) in [5.74, 6) is 0. The average Bonchev–Trinajstić information content (AvgIpc) is 3.34. The number of benzene rings is 6. The Hall–Kier alpha value is -5.34. The van der Waals surface area contributed by atoms with Gasteiger partial charge in [0.25, 0.3) is 0 Å². The van der Waals surface area contributed by atoms with Gasteiger partial charge in [0.05, 0.1) is 17.4 Å². The number of allylic oxidation sites excluding steroid dienone is 5. The quantitative estimate of drug-likeness (QED) is 0.197. The molecule has 1 aliphatic heterocycles. The summed E-state index contributed by atoms with van der Waals surface area (Å²) in [6, 6.07) is 38.5. The van der Waals surface area contributed by atoms with Crippen LogP contribution in [0, 0.1) is 0 Å². The topological polar surface area (TPSA) is 38.0 Å². The molecule has 0 saturated heterocycles. The zero-order chi connectivity index (χ0) is 31.9. The fourth-order valence-corrected chi connectivity index (χ4v) is 8.70. The van der Waals surface area contributed by atoms with Crippen molar-refractivity contribution in [2.75, 3.05) is 0 Å². The highest BCUT2D eigenvalue weighted by molar-refractivity contribution is 6.20. The van der Waals surface area contributed by atoms with Crippen LogP contribution in [0.5, 0.6) is 0 Å². The van der Waals surface area contributed by atoms with Crippen molar-refractivity contribution in [3.8, 4) is 22.3 Å². The molecule has 0 amide bonds. The monoisotopic (exact) mass is 606 g/mol. The number of dihydropyridines is 1. The van der Waals surface area contributed by atoms with Gasteiger partial charge in [-0.25, -0.2) is 0 Å². The second kappa shape index (κ2) is 10.3. The van der Waals surface area contributed by atoms with Crippen LogP contribution in [-0.2, 0) is 5.41 Å². The number of nitrogens with two attached hydrogens (primary N) is 1. The van der Waals surface area contributed by atoms with Gasteiger partial charge in [-0.3, -0.25) is 0 Å². The SMILES string of the molecule is C/C=C\C1=C(N)C2=C(C=CC(c3c4ccccc4c(-c4cc5c(c6ccccc46)-c4ccccc4C5(C)C)c4ccccc34)N2)CC1. The molecule has 0 saturated carbocycles. The van der Waals surface area contributed by atoms with E-state index in [9.17, 15) is 0 Å². The first kappa shape index (κ1) is 27.9. The first-order valence-electron chi connectivity index (χ1n) is 16.9. The van der Waals surface area contributed by atoms with E-state index in [1.807, 2.05) is 0 Å². The van der Waals surface area contributed by atoms with Gasteiger partial charge in [-0.2, -0.15) is 0 Å². The zero-order valence-electron chi connectivity index (χ0n) is 27.2. The minimum atomic E-state index is -0.0994. The van der Waals surface area contributed by atoms with Crippen molar-refractivity contribution in [3.05, 3.63) is 167 Å². The first-order chi connectivity index (χ1) is 23.0. The van der Waals surface area contributed by atoms with Crippen molar-refractivity contribution in [1.82, 2.24) is 5.32 Å². The first-order valence-corrected chi connectivity index (χ1v) is 16.9. The third-order valence-corrected chi connectivity index (χ3v) is 10.9. The van der Waals surface area contributed by atoms with E-state index in [4.69, 9.17) is 5.73 Å². The van der Waals surface area contributed by atoms with Gasteiger partial charge >= 0.3 is 0 Å². The summed E-state index contributed by atoms with van der Waals surface area (Å²) in [6.07, 6.45) is 10.9. The number of hydrogen-bond donors (Lipinski definition) is 2. The molecule has 228 valence electrons. The van der Waals surface area contributed by atoms with E-state index < -0.39 is 0 Å². The van der Waals surface area contributed by atoms with Gasteiger partial charge in [-0.1, -0.05) is 135 Å². The van der Waals surface area contributed by atoms with Crippen molar-refractivity contribution in [3.63, 3.8) is 0 Å². The molecule has 0 aromatic heterocycles. The van der Waals surface area contributed by atoms with Gasteiger partial charge in [0.1, 0.15) is 0 Å². The maximum atomic E-state index is 6.81. The predicted molar refractivity (Wildman–Crippen MR) is 199 cm³/mol. The molecule has 9 rings (SSSR count). The van der Waals surface area contributed by atoms with Crippen LogP contribution in [-0.4, -0.2) is 0 Å². The Bertz CT molecular complexity index is 2370. The summed E-state index contributed by atoms with van der Waals surface area (Å²) >= 11 is 0. The van der Waals surface area contributed by atoms with Crippen LogP contribution >= 0.6 is 0 Å². The summed E-state index contributed by atoms with van der Waals surface area (Å²) in [6.45, 7) is 6.82. The molecule has 1 atom stereocenters. The Morgan fingerprint density at radius 2 is 1.28 bits per heavy atom. The number of nitrogens with one attached hydrogen (secondary N) is 1. The van der Waals surface area contributed by atoms with E-state index >= 15 is 0 Å². The Morgan fingerprint density at radius 1 is 0.681 bits per heavy atom. The second-order valence-corrected chi connectivity index (χ2v) is 13.8. The molecule has 2 nitrogen and oxygen atoms in total. The lowest BCUT2D eigenvalue weighted by atomic mass is 9.78. The molecule has 0 bridgehead atoms. The van der Waals surface area contributed by atoms with E-state index in [2.05, 4.69) is 154 Å². The Labute approximate surface area is 276 Å². The highest BCUT2D eigenvalue weighted by Gasteiger charge is 2.37. The van der Waals surface area contributed by atoms with Crippen molar-refractivity contribution >= 4 is 32.3 Å². The number of rotatable bonds is 3. The van der Waals surface area contributed by atoms with E-state index in [1.165, 1.54) is 82.4 Å². The van der Waals surface area contributed by atoms with Crippen LogP contribution in [0.15, 0.2) is 150 Å². The molecule has 6 aromatic carbocycles. The highest BCUT2D eigenvalue weighted by atomic mass is 15.0. The Balaban J connectivity index is 1.32. The van der Waals surface area contributed by atoms with E-state index in [0.717, 1.165) is 24.2 Å². The summed E-state index contributed by atoms with van der Waals surface area (Å²) in [4.78, 5) is 0. The van der Waals surface area contributed by atoms with E-state index in [1.54, 1.807) is 0 Å². The minimum absolute atomic E-state index is 0.00805. The lowest BCUT2D eigenvalue weighted by Gasteiger charge is -2.31. The largest absolute Gasteiger partial charge is 0.397 e. The second-order valence-electron chi connectivity index (χ2n) is 13.8. The van der Waals surface area contributed by atoms with Crippen LogP contribution in [0.2, 0.25) is 0 Å². The molecular formula is C45H38N2. The molecule has 3 aliphatic rings. The molecule has 0 fully saturated rings. The summed E-state index contributed by atoms with van der Waals surface area (Å²) in [5, 5.41) is 11.6. The van der Waals surface area contributed by atoms with Gasteiger partial charge in [-0.05, 0) is 108 Å². The molecule has 2 heteroatoms. The zero-order valence-corrected chi connectivity index (χ0v) is 27.2. The molecule has 1 heterocycles. The van der Waals surface area contributed by atoms with Gasteiger partial charge in [0.15, 0.2) is 0 Å². The van der Waals surface area contributed by atoms with Gasteiger partial charge in [-0.15, -0.1) is 0 Å². The van der Waals surface area contributed by atoms with Gasteiger partial charge in [0.2, 0.25) is 0 Å². The third kappa shape index (κ3) is 3.97. The van der Waals surface area contributed by atoms with Crippen molar-refractivity contribution in [2.24, 2.45) is 5.73 Å². The maximum Gasteiger partial charge on any atom is 0.0714 e. The molecule has 1 unspecified atom stereocenters. The van der Waals surface area contributed by atoms with E-state index in [0.29, 0.717) is 0 Å². The molecule has 0 radical (unpaired) electrons. The van der Waals surface area contributed by atoms with Crippen LogP contribution in [0.25, 0.3) is 54.6 Å². The lowest BCUT2D eigenvalue weighted by Crippen LogP contribution is -2.29. The lowest BCUT2D eigenvalue weighted by molar-refractivity contribution is 0.661. The number of fused-ring (bicyclic) bond motifs is 7. The third-order valence-electron chi connectivity index (χ3n) is 10.9.